The number of pyridine rings is 1. The number of aromatic nitrogens is 2. The molecule has 0 aliphatic carbocycles. The van der Waals surface area contributed by atoms with E-state index >= 15 is 0 Å². The molecule has 0 radical (unpaired) electrons. The van der Waals surface area contributed by atoms with Crippen molar-refractivity contribution in [1.82, 2.24) is 9.61 Å². The van der Waals surface area contributed by atoms with Gasteiger partial charge in [0, 0.05) is 16.5 Å². The van der Waals surface area contributed by atoms with E-state index in [-0.39, 0.29) is 0 Å². The number of hydrogen-bond acceptors (Lipinski definition) is 2. The first kappa shape index (κ1) is 23.5. The summed E-state index contributed by atoms with van der Waals surface area (Å²) in [5, 5.41) is 17.5. The van der Waals surface area contributed by atoms with Crippen LogP contribution in [0.25, 0.3) is 81.6 Å². The predicted octanol–water partition coefficient (Wildman–Crippen LogP) is 11.0. The molecule has 9 aromatic rings. The average Bonchev–Trinajstić information content (AvgIpc) is 3.73. The second kappa shape index (κ2) is 9.13. The largest absolute Gasteiger partial charge is 0.230 e. The van der Waals surface area contributed by atoms with E-state index in [2.05, 4.69) is 149 Å². The SMILES string of the molecule is c1csc(-c2cc3ccccc3c3c(-c4ccc5ccccc5c4)c(-c4cc5ccccc5c5ccccc45)nn23)c1. The fourth-order valence-corrected chi connectivity index (χ4v) is 7.27. The summed E-state index contributed by atoms with van der Waals surface area (Å²) in [6.45, 7) is 0. The Morgan fingerprint density at radius 1 is 0.500 bits per heavy atom. The van der Waals surface area contributed by atoms with Crippen LogP contribution in [0.15, 0.2) is 145 Å². The zero-order valence-electron chi connectivity index (χ0n) is 22.7. The molecule has 0 bridgehead atoms. The zero-order chi connectivity index (χ0) is 27.6. The third-order valence-corrected chi connectivity index (χ3v) is 9.35. The smallest absolute Gasteiger partial charge is 0.102 e. The van der Waals surface area contributed by atoms with Crippen molar-refractivity contribution in [1.29, 1.82) is 0 Å². The van der Waals surface area contributed by atoms with E-state index in [4.69, 9.17) is 5.10 Å². The summed E-state index contributed by atoms with van der Waals surface area (Å²) in [6, 6.07) is 50.5. The molecule has 0 saturated heterocycles. The maximum Gasteiger partial charge on any atom is 0.102 e. The second-order valence-electron chi connectivity index (χ2n) is 10.8. The summed E-state index contributed by atoms with van der Waals surface area (Å²) < 4.78 is 2.19. The second-order valence-corrected chi connectivity index (χ2v) is 11.8. The Hall–Kier alpha value is -5.25. The van der Waals surface area contributed by atoms with Gasteiger partial charge in [-0.1, -0.05) is 115 Å². The standard InChI is InChI=1S/C39H24N2S/c1-2-11-26-22-29(20-19-25(26)10-1)37-38(34-23-27-12-3-5-14-30(27)32-16-7-8-17-33(32)34)40-41-35(36-18-9-21-42-36)24-28-13-4-6-15-31(28)39(37)41/h1-24H. The molecule has 0 aliphatic rings. The number of rotatable bonds is 3. The number of hydrogen-bond donors (Lipinski definition) is 0. The van der Waals surface area contributed by atoms with Gasteiger partial charge < -0.3 is 0 Å². The van der Waals surface area contributed by atoms with Crippen molar-refractivity contribution in [2.24, 2.45) is 0 Å². The van der Waals surface area contributed by atoms with Gasteiger partial charge in [0.25, 0.3) is 0 Å². The van der Waals surface area contributed by atoms with Crippen LogP contribution in [0, 0.1) is 0 Å². The molecule has 0 N–H and O–H groups in total. The first-order valence-corrected chi connectivity index (χ1v) is 15.1. The highest BCUT2D eigenvalue weighted by Crippen LogP contribution is 2.44. The van der Waals surface area contributed by atoms with E-state index < -0.39 is 0 Å². The van der Waals surface area contributed by atoms with E-state index in [1.807, 2.05) is 0 Å². The molecule has 0 amide bonds. The van der Waals surface area contributed by atoms with Gasteiger partial charge in [-0.25, -0.2) is 4.52 Å². The number of fused-ring (bicyclic) bond motifs is 7. The Balaban J connectivity index is 1.50. The van der Waals surface area contributed by atoms with Crippen molar-refractivity contribution in [2.75, 3.05) is 0 Å². The lowest BCUT2D eigenvalue weighted by Gasteiger charge is -2.12. The van der Waals surface area contributed by atoms with Gasteiger partial charge in [0.1, 0.15) is 5.69 Å². The molecule has 0 atom stereocenters. The molecule has 196 valence electrons. The van der Waals surface area contributed by atoms with Gasteiger partial charge in [-0.15, -0.1) is 11.3 Å². The highest BCUT2D eigenvalue weighted by atomic mass is 32.1. The molecule has 3 heterocycles. The summed E-state index contributed by atoms with van der Waals surface area (Å²) >= 11 is 1.75. The Morgan fingerprint density at radius 3 is 1.95 bits per heavy atom. The number of nitrogens with zero attached hydrogens (tertiary/aromatic N) is 2. The number of benzene rings is 6. The predicted molar refractivity (Wildman–Crippen MR) is 179 cm³/mol. The Labute approximate surface area is 246 Å². The molecule has 42 heavy (non-hydrogen) atoms. The molecule has 0 aliphatic heterocycles. The van der Waals surface area contributed by atoms with Crippen molar-refractivity contribution >= 4 is 59.9 Å². The normalized spacial score (nSPS) is 11.8. The minimum absolute atomic E-state index is 1.00. The molecule has 0 fully saturated rings. The molecule has 9 rings (SSSR count). The fraction of sp³-hybridized carbons (Fsp3) is 0. The van der Waals surface area contributed by atoms with Crippen LogP contribution in [0.1, 0.15) is 0 Å². The Kier molecular flexibility index (Phi) is 5.10. The van der Waals surface area contributed by atoms with Gasteiger partial charge in [-0.05, 0) is 72.9 Å². The summed E-state index contributed by atoms with van der Waals surface area (Å²) in [7, 11) is 0. The monoisotopic (exact) mass is 552 g/mol. The van der Waals surface area contributed by atoms with Crippen LogP contribution in [0.5, 0.6) is 0 Å². The Bertz CT molecular complexity index is 2470. The van der Waals surface area contributed by atoms with Gasteiger partial charge in [0.05, 0.1) is 16.1 Å². The molecule has 6 aromatic carbocycles. The van der Waals surface area contributed by atoms with Crippen molar-refractivity contribution in [3.05, 3.63) is 145 Å². The topological polar surface area (TPSA) is 17.3 Å². The van der Waals surface area contributed by atoms with E-state index in [0.29, 0.717) is 0 Å². The van der Waals surface area contributed by atoms with E-state index in [9.17, 15) is 0 Å². The van der Waals surface area contributed by atoms with Crippen LogP contribution < -0.4 is 0 Å². The minimum atomic E-state index is 1.00. The van der Waals surface area contributed by atoms with Gasteiger partial charge in [-0.2, -0.15) is 5.10 Å². The number of thiophene rings is 1. The molecule has 0 spiro atoms. The lowest BCUT2D eigenvalue weighted by Crippen LogP contribution is -1.94. The Morgan fingerprint density at radius 2 is 1.17 bits per heavy atom. The van der Waals surface area contributed by atoms with Gasteiger partial charge in [-0.3, -0.25) is 0 Å². The summed E-state index contributed by atoms with van der Waals surface area (Å²) in [5.74, 6) is 0. The van der Waals surface area contributed by atoms with Crippen LogP contribution >= 0.6 is 11.3 Å². The maximum atomic E-state index is 5.53. The van der Waals surface area contributed by atoms with E-state index in [1.165, 1.54) is 53.5 Å². The third kappa shape index (κ3) is 3.47. The summed E-state index contributed by atoms with van der Waals surface area (Å²) in [4.78, 5) is 1.20. The molecule has 3 aromatic heterocycles. The third-order valence-electron chi connectivity index (χ3n) is 8.46. The summed E-state index contributed by atoms with van der Waals surface area (Å²) in [6.07, 6.45) is 0. The molecule has 3 heteroatoms. The minimum Gasteiger partial charge on any atom is -0.230 e. The van der Waals surface area contributed by atoms with Crippen molar-refractivity contribution in [3.8, 4) is 33.0 Å². The van der Waals surface area contributed by atoms with Crippen LogP contribution in [-0.2, 0) is 0 Å². The van der Waals surface area contributed by atoms with Crippen LogP contribution in [0.2, 0.25) is 0 Å². The van der Waals surface area contributed by atoms with Gasteiger partial charge >= 0.3 is 0 Å². The molecule has 0 unspecified atom stereocenters. The first-order valence-electron chi connectivity index (χ1n) is 14.2. The van der Waals surface area contributed by atoms with Crippen LogP contribution in [0.4, 0.5) is 0 Å². The maximum absolute atomic E-state index is 5.53. The average molecular weight is 553 g/mol. The van der Waals surface area contributed by atoms with E-state index in [1.54, 1.807) is 11.3 Å². The highest BCUT2D eigenvalue weighted by molar-refractivity contribution is 7.13. The summed E-state index contributed by atoms with van der Waals surface area (Å²) in [5.41, 5.74) is 6.73. The van der Waals surface area contributed by atoms with Gasteiger partial charge in [0.15, 0.2) is 0 Å². The van der Waals surface area contributed by atoms with E-state index in [0.717, 1.165) is 28.0 Å². The van der Waals surface area contributed by atoms with Crippen molar-refractivity contribution < 1.29 is 0 Å². The quantitative estimate of drug-likeness (QED) is 0.199. The molecular weight excluding hydrogens is 529 g/mol. The van der Waals surface area contributed by atoms with Crippen molar-refractivity contribution in [3.63, 3.8) is 0 Å². The first-order chi connectivity index (χ1) is 20.8. The molecule has 0 saturated carbocycles. The van der Waals surface area contributed by atoms with Crippen LogP contribution in [0.3, 0.4) is 0 Å². The zero-order valence-corrected chi connectivity index (χ0v) is 23.5. The van der Waals surface area contributed by atoms with Crippen LogP contribution in [-0.4, -0.2) is 9.61 Å². The molecule has 2 nitrogen and oxygen atoms in total. The lowest BCUT2D eigenvalue weighted by atomic mass is 9.91. The fourth-order valence-electron chi connectivity index (χ4n) is 6.54. The van der Waals surface area contributed by atoms with Gasteiger partial charge in [0.2, 0.25) is 0 Å². The molecular formula is C39H24N2S. The highest BCUT2D eigenvalue weighted by Gasteiger charge is 2.23. The van der Waals surface area contributed by atoms with Crippen molar-refractivity contribution in [2.45, 2.75) is 0 Å². The lowest BCUT2D eigenvalue weighted by molar-refractivity contribution is 0.983.